The van der Waals surface area contributed by atoms with E-state index in [-0.39, 0.29) is 6.10 Å². The van der Waals surface area contributed by atoms with Gasteiger partial charge in [-0.2, -0.15) is 5.26 Å². The number of aliphatic hydroxyl groups excluding tert-OH is 1. The van der Waals surface area contributed by atoms with Gasteiger partial charge in [0.1, 0.15) is 0 Å². The maximum Gasteiger partial charge on any atom is 0.0991 e. The van der Waals surface area contributed by atoms with Crippen molar-refractivity contribution in [3.63, 3.8) is 0 Å². The number of nitrogens with zero attached hydrogens (tertiary/aromatic N) is 3. The Bertz CT molecular complexity index is 428. The van der Waals surface area contributed by atoms with E-state index in [4.69, 9.17) is 5.26 Å². The lowest BCUT2D eigenvalue weighted by Gasteiger charge is -2.35. The summed E-state index contributed by atoms with van der Waals surface area (Å²) < 4.78 is 0. The quantitative estimate of drug-likeness (QED) is 0.878. The Kier molecular flexibility index (Phi) is 4.92. The molecule has 1 fully saturated rings. The van der Waals surface area contributed by atoms with E-state index in [1.54, 1.807) is 0 Å². The average molecular weight is 259 g/mol. The molecule has 0 saturated carbocycles. The van der Waals surface area contributed by atoms with Crippen LogP contribution < -0.4 is 0 Å². The van der Waals surface area contributed by atoms with Gasteiger partial charge in [0.25, 0.3) is 0 Å². The van der Waals surface area contributed by atoms with Crippen LogP contribution in [0.3, 0.4) is 0 Å². The molecule has 1 atom stereocenters. The largest absolute Gasteiger partial charge is 0.392 e. The molecule has 4 nitrogen and oxygen atoms in total. The molecule has 0 spiro atoms. The summed E-state index contributed by atoms with van der Waals surface area (Å²) in [5.41, 5.74) is 1.97. The number of benzene rings is 1. The predicted molar refractivity (Wildman–Crippen MR) is 74.6 cm³/mol. The zero-order chi connectivity index (χ0) is 13.7. The summed E-state index contributed by atoms with van der Waals surface area (Å²) in [6.45, 7) is 7.64. The molecule has 1 aromatic carbocycles. The van der Waals surface area contributed by atoms with Crippen LogP contribution in [-0.4, -0.2) is 53.7 Å². The van der Waals surface area contributed by atoms with Gasteiger partial charge in [0.15, 0.2) is 0 Å². The van der Waals surface area contributed by atoms with Crippen LogP contribution in [0.2, 0.25) is 0 Å². The number of nitriles is 1. The monoisotopic (exact) mass is 259 g/mol. The third kappa shape index (κ3) is 4.32. The lowest BCUT2D eigenvalue weighted by molar-refractivity contribution is 0.0781. The first-order valence-electron chi connectivity index (χ1n) is 6.79. The van der Waals surface area contributed by atoms with Gasteiger partial charge in [0, 0.05) is 39.3 Å². The molecule has 0 amide bonds. The molecule has 0 radical (unpaired) electrons. The molecule has 19 heavy (non-hydrogen) atoms. The summed E-state index contributed by atoms with van der Waals surface area (Å²) in [6, 6.07) is 9.94. The highest BCUT2D eigenvalue weighted by Gasteiger charge is 2.17. The molecule has 1 aliphatic rings. The van der Waals surface area contributed by atoms with Crippen molar-refractivity contribution in [2.45, 2.75) is 19.6 Å². The number of piperazine rings is 1. The summed E-state index contributed by atoms with van der Waals surface area (Å²) in [7, 11) is 0. The highest BCUT2D eigenvalue weighted by Crippen LogP contribution is 2.10. The van der Waals surface area contributed by atoms with Gasteiger partial charge in [0.05, 0.1) is 17.7 Å². The highest BCUT2D eigenvalue weighted by atomic mass is 16.3. The van der Waals surface area contributed by atoms with Gasteiger partial charge in [-0.1, -0.05) is 12.1 Å². The fourth-order valence-electron chi connectivity index (χ4n) is 2.45. The first-order valence-corrected chi connectivity index (χ1v) is 6.79. The average Bonchev–Trinajstić information content (AvgIpc) is 2.41. The van der Waals surface area contributed by atoms with Crippen LogP contribution in [-0.2, 0) is 6.54 Å². The van der Waals surface area contributed by atoms with Crippen LogP contribution in [0, 0.1) is 11.3 Å². The van der Waals surface area contributed by atoms with Crippen LogP contribution >= 0.6 is 0 Å². The molecule has 1 aliphatic heterocycles. The van der Waals surface area contributed by atoms with Gasteiger partial charge >= 0.3 is 0 Å². The summed E-state index contributed by atoms with van der Waals surface area (Å²) >= 11 is 0. The van der Waals surface area contributed by atoms with Crippen molar-refractivity contribution >= 4 is 0 Å². The van der Waals surface area contributed by atoms with Gasteiger partial charge in [0.2, 0.25) is 0 Å². The van der Waals surface area contributed by atoms with Crippen LogP contribution in [0.1, 0.15) is 18.1 Å². The van der Waals surface area contributed by atoms with Gasteiger partial charge in [-0.25, -0.2) is 0 Å². The van der Waals surface area contributed by atoms with Gasteiger partial charge in [-0.05, 0) is 24.6 Å². The van der Waals surface area contributed by atoms with Gasteiger partial charge < -0.3 is 5.11 Å². The van der Waals surface area contributed by atoms with Crippen LogP contribution in [0.25, 0.3) is 0 Å². The van der Waals surface area contributed by atoms with E-state index in [2.05, 4.69) is 15.9 Å². The molecule has 1 saturated heterocycles. The van der Waals surface area contributed by atoms with E-state index in [1.165, 1.54) is 5.56 Å². The highest BCUT2D eigenvalue weighted by molar-refractivity contribution is 5.31. The summed E-state index contributed by atoms with van der Waals surface area (Å²) in [4.78, 5) is 4.72. The lowest BCUT2D eigenvalue weighted by atomic mass is 10.1. The lowest BCUT2D eigenvalue weighted by Crippen LogP contribution is -2.47. The molecular weight excluding hydrogens is 238 g/mol. The fourth-order valence-corrected chi connectivity index (χ4v) is 2.45. The van der Waals surface area contributed by atoms with E-state index >= 15 is 0 Å². The molecule has 1 unspecified atom stereocenters. The van der Waals surface area contributed by atoms with E-state index in [0.29, 0.717) is 5.56 Å². The Labute approximate surface area is 114 Å². The molecular formula is C15H21N3O. The Morgan fingerprint density at radius 2 is 1.74 bits per heavy atom. The van der Waals surface area contributed by atoms with Gasteiger partial charge in [-0.15, -0.1) is 0 Å². The third-order valence-corrected chi connectivity index (χ3v) is 3.48. The molecule has 0 aliphatic carbocycles. The normalized spacial score (nSPS) is 19.0. The molecule has 0 bridgehead atoms. The van der Waals surface area contributed by atoms with Crippen molar-refractivity contribution in [1.82, 2.24) is 9.80 Å². The second-order valence-electron chi connectivity index (χ2n) is 5.23. The number of β-amino-alcohol motifs (C(OH)–C–C–N with tert-alkyl or cyclic N) is 1. The van der Waals surface area contributed by atoms with Crippen molar-refractivity contribution < 1.29 is 5.11 Å². The molecule has 102 valence electrons. The van der Waals surface area contributed by atoms with E-state index in [0.717, 1.165) is 39.3 Å². The predicted octanol–water partition coefficient (Wildman–Crippen LogP) is 1.06. The van der Waals surface area contributed by atoms with Crippen LogP contribution in [0.15, 0.2) is 24.3 Å². The first kappa shape index (κ1) is 14.0. The SMILES string of the molecule is CC(O)CN1CCN(Cc2ccc(C#N)cc2)CC1. The van der Waals surface area contributed by atoms with Crippen molar-refractivity contribution in [3.05, 3.63) is 35.4 Å². The van der Waals surface area contributed by atoms with E-state index in [9.17, 15) is 5.11 Å². The smallest absolute Gasteiger partial charge is 0.0991 e. The summed E-state index contributed by atoms with van der Waals surface area (Å²) in [5.74, 6) is 0. The topological polar surface area (TPSA) is 50.5 Å². The Balaban J connectivity index is 1.80. The maximum absolute atomic E-state index is 9.37. The zero-order valence-corrected chi connectivity index (χ0v) is 11.4. The van der Waals surface area contributed by atoms with E-state index < -0.39 is 0 Å². The van der Waals surface area contributed by atoms with Gasteiger partial charge in [-0.3, -0.25) is 9.80 Å². The number of hydrogen-bond acceptors (Lipinski definition) is 4. The van der Waals surface area contributed by atoms with Crippen molar-refractivity contribution in [2.75, 3.05) is 32.7 Å². The molecule has 4 heteroatoms. The summed E-state index contributed by atoms with van der Waals surface area (Å²) in [6.07, 6.45) is -0.245. The third-order valence-electron chi connectivity index (χ3n) is 3.48. The standard InChI is InChI=1S/C15H21N3O/c1-13(19)11-17-6-8-18(9-7-17)12-15-4-2-14(10-16)3-5-15/h2-5,13,19H,6-9,11-12H2,1H3. The molecule has 0 aromatic heterocycles. The Morgan fingerprint density at radius 1 is 1.16 bits per heavy atom. The van der Waals surface area contributed by atoms with Crippen molar-refractivity contribution in [2.24, 2.45) is 0 Å². The minimum absolute atomic E-state index is 0.245. The molecule has 1 aromatic rings. The maximum atomic E-state index is 9.37. The molecule has 2 rings (SSSR count). The Morgan fingerprint density at radius 3 is 2.26 bits per heavy atom. The number of aliphatic hydroxyl groups is 1. The minimum Gasteiger partial charge on any atom is -0.392 e. The van der Waals surface area contributed by atoms with E-state index in [1.807, 2.05) is 31.2 Å². The Hall–Kier alpha value is -1.41. The minimum atomic E-state index is -0.245. The van der Waals surface area contributed by atoms with Crippen molar-refractivity contribution in [3.8, 4) is 6.07 Å². The first-order chi connectivity index (χ1) is 9.17. The number of hydrogen-bond donors (Lipinski definition) is 1. The zero-order valence-electron chi connectivity index (χ0n) is 11.4. The van der Waals surface area contributed by atoms with Crippen molar-refractivity contribution in [1.29, 1.82) is 5.26 Å². The number of rotatable bonds is 4. The summed E-state index contributed by atoms with van der Waals surface area (Å²) in [5, 5.41) is 18.1. The molecule has 1 heterocycles. The second-order valence-corrected chi connectivity index (χ2v) is 5.23. The van der Waals surface area contributed by atoms with Crippen LogP contribution in [0.5, 0.6) is 0 Å². The van der Waals surface area contributed by atoms with Crippen LogP contribution in [0.4, 0.5) is 0 Å². The molecule has 1 N–H and O–H groups in total. The second kappa shape index (κ2) is 6.67. The fraction of sp³-hybridized carbons (Fsp3) is 0.533.